The minimum atomic E-state index is 0.140. The second kappa shape index (κ2) is 7.20. The van der Waals surface area contributed by atoms with E-state index >= 15 is 0 Å². The maximum absolute atomic E-state index is 4.82. The molecule has 6 nitrogen and oxygen atoms in total. The Bertz CT molecular complexity index is 1130. The lowest BCUT2D eigenvalue weighted by Gasteiger charge is -2.32. The van der Waals surface area contributed by atoms with Gasteiger partial charge in [0.25, 0.3) is 0 Å². The van der Waals surface area contributed by atoms with E-state index in [1.54, 1.807) is 0 Å². The first kappa shape index (κ1) is 18.4. The van der Waals surface area contributed by atoms with Crippen molar-refractivity contribution in [3.8, 4) is 0 Å². The predicted octanol–water partition coefficient (Wildman–Crippen LogP) is 4.00. The van der Waals surface area contributed by atoms with Crippen molar-refractivity contribution in [1.82, 2.24) is 24.7 Å². The number of benzene rings is 2. The van der Waals surface area contributed by atoms with Gasteiger partial charge >= 0.3 is 0 Å². The van der Waals surface area contributed by atoms with Crippen molar-refractivity contribution < 1.29 is 0 Å². The predicted molar refractivity (Wildman–Crippen MR) is 114 cm³/mol. The Morgan fingerprint density at radius 2 is 1.61 bits per heavy atom. The van der Waals surface area contributed by atoms with Crippen LogP contribution in [0.4, 0.5) is 5.82 Å². The molecule has 144 valence electrons. The van der Waals surface area contributed by atoms with Crippen molar-refractivity contribution in [3.05, 3.63) is 65.5 Å². The zero-order chi connectivity index (χ0) is 19.8. The Labute approximate surface area is 165 Å². The molecule has 4 aromatic rings. The third kappa shape index (κ3) is 3.10. The van der Waals surface area contributed by atoms with Gasteiger partial charge in [0.15, 0.2) is 17.3 Å². The summed E-state index contributed by atoms with van der Waals surface area (Å²) in [6.45, 7) is 6.29. The van der Waals surface area contributed by atoms with E-state index in [1.165, 1.54) is 11.1 Å². The molecule has 0 spiro atoms. The summed E-state index contributed by atoms with van der Waals surface area (Å²) in [5.74, 6) is 1.62. The summed E-state index contributed by atoms with van der Waals surface area (Å²) in [6.07, 6.45) is 0. The highest BCUT2D eigenvalue weighted by atomic mass is 15.4. The van der Waals surface area contributed by atoms with Crippen molar-refractivity contribution in [2.75, 3.05) is 19.4 Å². The van der Waals surface area contributed by atoms with Gasteiger partial charge in [-0.15, -0.1) is 15.3 Å². The van der Waals surface area contributed by atoms with Crippen LogP contribution >= 0.6 is 0 Å². The standard InChI is InChI=1S/C22H26N6/c1-14-10-6-7-11-17(14)20(27(4)5)15(2)23-21-18-12-8-9-13-19(18)22-25-24-16(3)28(22)26-21/h6-13,15,20H,1-5H3,(H,23,26)/t15-,20+/m0/s1. The van der Waals surface area contributed by atoms with Crippen LogP contribution in [0.3, 0.4) is 0 Å². The second-order valence-electron chi connectivity index (χ2n) is 7.57. The van der Waals surface area contributed by atoms with Crippen molar-refractivity contribution in [1.29, 1.82) is 0 Å². The summed E-state index contributed by atoms with van der Waals surface area (Å²) in [6, 6.07) is 17.1. The molecule has 0 unspecified atom stereocenters. The molecular weight excluding hydrogens is 348 g/mol. The van der Waals surface area contributed by atoms with E-state index in [2.05, 4.69) is 84.8 Å². The minimum absolute atomic E-state index is 0.140. The maximum Gasteiger partial charge on any atom is 0.185 e. The molecule has 0 aliphatic rings. The van der Waals surface area contributed by atoms with Crippen LogP contribution in [0.25, 0.3) is 16.4 Å². The summed E-state index contributed by atoms with van der Waals surface area (Å²) in [4.78, 5) is 2.25. The Morgan fingerprint density at radius 3 is 2.32 bits per heavy atom. The molecule has 6 heteroatoms. The maximum atomic E-state index is 4.82. The Morgan fingerprint density at radius 1 is 0.929 bits per heavy atom. The fourth-order valence-corrected chi connectivity index (χ4v) is 4.00. The number of likely N-dealkylation sites (N-methyl/N-ethyl adjacent to an activating group) is 1. The topological polar surface area (TPSA) is 58.4 Å². The summed E-state index contributed by atoms with van der Waals surface area (Å²) in [5.41, 5.74) is 3.39. The molecule has 0 fully saturated rings. The van der Waals surface area contributed by atoms with Gasteiger partial charge < -0.3 is 10.2 Å². The molecule has 1 N–H and O–H groups in total. The number of nitrogens with zero attached hydrogens (tertiary/aromatic N) is 5. The van der Waals surface area contributed by atoms with Crippen molar-refractivity contribution in [2.45, 2.75) is 32.9 Å². The number of hydrogen-bond acceptors (Lipinski definition) is 5. The highest BCUT2D eigenvalue weighted by Crippen LogP contribution is 2.30. The Balaban J connectivity index is 1.79. The van der Waals surface area contributed by atoms with E-state index in [9.17, 15) is 0 Å². The SMILES string of the molecule is Cc1ccccc1[C@@H]([C@H](C)Nc1nn2c(C)nnc2c2ccccc12)N(C)C. The molecule has 2 heterocycles. The van der Waals surface area contributed by atoms with Crippen LogP contribution in [-0.4, -0.2) is 44.8 Å². The van der Waals surface area contributed by atoms with Crippen molar-refractivity contribution >= 4 is 22.2 Å². The average molecular weight is 374 g/mol. The van der Waals surface area contributed by atoms with Gasteiger partial charge in [-0.05, 0) is 46.0 Å². The number of aryl methyl sites for hydroxylation is 2. The van der Waals surface area contributed by atoms with Gasteiger partial charge in [0.2, 0.25) is 0 Å². The monoisotopic (exact) mass is 374 g/mol. The third-order valence-electron chi connectivity index (χ3n) is 5.32. The minimum Gasteiger partial charge on any atom is -0.364 e. The van der Waals surface area contributed by atoms with Crippen molar-refractivity contribution in [3.63, 3.8) is 0 Å². The molecular formula is C22H26N6. The van der Waals surface area contributed by atoms with E-state index < -0.39 is 0 Å². The molecule has 0 amide bonds. The van der Waals surface area contributed by atoms with Gasteiger partial charge in [-0.1, -0.05) is 48.5 Å². The molecule has 0 bridgehead atoms. The van der Waals surface area contributed by atoms with Crippen LogP contribution in [0.2, 0.25) is 0 Å². The van der Waals surface area contributed by atoms with E-state index in [0.29, 0.717) is 0 Å². The van der Waals surface area contributed by atoms with Crippen LogP contribution < -0.4 is 5.32 Å². The quantitative estimate of drug-likeness (QED) is 0.572. The molecule has 0 saturated heterocycles. The molecule has 2 aromatic carbocycles. The molecule has 2 atom stereocenters. The van der Waals surface area contributed by atoms with Gasteiger partial charge in [0.1, 0.15) is 0 Å². The summed E-state index contributed by atoms with van der Waals surface area (Å²) in [5, 5.41) is 19.1. The summed E-state index contributed by atoms with van der Waals surface area (Å²) >= 11 is 0. The van der Waals surface area contributed by atoms with Crippen LogP contribution in [0, 0.1) is 13.8 Å². The number of fused-ring (bicyclic) bond motifs is 3. The second-order valence-corrected chi connectivity index (χ2v) is 7.57. The molecule has 4 rings (SSSR count). The van der Waals surface area contributed by atoms with Gasteiger partial charge in [-0.3, -0.25) is 0 Å². The van der Waals surface area contributed by atoms with Crippen molar-refractivity contribution in [2.24, 2.45) is 0 Å². The smallest absolute Gasteiger partial charge is 0.185 e. The molecule has 28 heavy (non-hydrogen) atoms. The van der Waals surface area contributed by atoms with Gasteiger partial charge in [0.05, 0.1) is 6.04 Å². The molecule has 0 saturated carbocycles. The van der Waals surface area contributed by atoms with Gasteiger partial charge in [-0.25, -0.2) is 0 Å². The lowest BCUT2D eigenvalue weighted by Crippen LogP contribution is -2.35. The molecule has 0 radical (unpaired) electrons. The average Bonchev–Trinajstić information content (AvgIpc) is 3.04. The first-order valence-electron chi connectivity index (χ1n) is 9.56. The Kier molecular flexibility index (Phi) is 4.73. The highest BCUT2D eigenvalue weighted by molar-refractivity contribution is 5.99. The third-order valence-corrected chi connectivity index (χ3v) is 5.32. The fraction of sp³-hybridized carbons (Fsp3) is 0.318. The lowest BCUT2D eigenvalue weighted by molar-refractivity contribution is 0.274. The number of hydrogen-bond donors (Lipinski definition) is 1. The number of aromatic nitrogens is 4. The van der Waals surface area contributed by atoms with E-state index in [0.717, 1.165) is 28.1 Å². The van der Waals surface area contributed by atoms with E-state index in [-0.39, 0.29) is 12.1 Å². The molecule has 2 aromatic heterocycles. The first-order valence-corrected chi connectivity index (χ1v) is 9.56. The van der Waals surface area contributed by atoms with Crippen LogP contribution in [-0.2, 0) is 0 Å². The van der Waals surface area contributed by atoms with Gasteiger partial charge in [0, 0.05) is 16.8 Å². The van der Waals surface area contributed by atoms with E-state index in [4.69, 9.17) is 5.10 Å². The number of anilines is 1. The number of rotatable bonds is 5. The molecule has 0 aliphatic heterocycles. The number of nitrogens with one attached hydrogen (secondary N) is 1. The summed E-state index contributed by atoms with van der Waals surface area (Å²) < 4.78 is 1.82. The highest BCUT2D eigenvalue weighted by Gasteiger charge is 2.24. The zero-order valence-electron chi connectivity index (χ0n) is 17.0. The van der Waals surface area contributed by atoms with Crippen LogP contribution in [0.15, 0.2) is 48.5 Å². The Hall–Kier alpha value is -2.99. The summed E-state index contributed by atoms with van der Waals surface area (Å²) in [7, 11) is 4.24. The largest absolute Gasteiger partial charge is 0.364 e. The lowest BCUT2D eigenvalue weighted by atomic mass is 9.95. The van der Waals surface area contributed by atoms with Gasteiger partial charge in [-0.2, -0.15) is 4.52 Å². The fourth-order valence-electron chi connectivity index (χ4n) is 4.00. The first-order chi connectivity index (χ1) is 13.5. The van der Waals surface area contributed by atoms with E-state index in [1.807, 2.05) is 23.6 Å². The normalized spacial score (nSPS) is 13.9. The van der Waals surface area contributed by atoms with Crippen LogP contribution in [0.5, 0.6) is 0 Å². The van der Waals surface area contributed by atoms with Crippen LogP contribution in [0.1, 0.15) is 29.9 Å². The molecule has 0 aliphatic carbocycles. The zero-order valence-corrected chi connectivity index (χ0v) is 17.0.